The van der Waals surface area contributed by atoms with Crippen LogP contribution in [0, 0.1) is 0 Å². The molecule has 19 heavy (non-hydrogen) atoms. The third-order valence-corrected chi connectivity index (χ3v) is 3.50. The minimum Gasteiger partial charge on any atom is -0.507 e. The number of hydrogen-bond donors (Lipinski definition) is 1. The average molecular weight is 317 g/mol. The Morgan fingerprint density at radius 2 is 2.11 bits per heavy atom. The molecule has 4 nitrogen and oxygen atoms in total. The first-order valence-electron chi connectivity index (χ1n) is 5.62. The maximum absolute atomic E-state index is 12.4. The molecule has 0 fully saturated rings. The number of aromatic nitrogens is 2. The normalized spacial score (nSPS) is 10.8. The second-order valence-electron chi connectivity index (χ2n) is 4.07. The zero-order valence-electron chi connectivity index (χ0n) is 9.75. The number of phenols is 1. The van der Waals surface area contributed by atoms with E-state index in [4.69, 9.17) is 0 Å². The fourth-order valence-electron chi connectivity index (χ4n) is 1.91. The minimum absolute atomic E-state index is 0.104. The number of carbonyl (C=O) groups is 1. The Balaban J connectivity index is 2.11. The third kappa shape index (κ3) is 2.02. The number of pyridine rings is 1. The van der Waals surface area contributed by atoms with E-state index in [9.17, 15) is 9.90 Å². The molecule has 1 aromatic carbocycles. The van der Waals surface area contributed by atoms with Gasteiger partial charge in [0, 0.05) is 23.3 Å². The largest absolute Gasteiger partial charge is 0.507 e. The van der Waals surface area contributed by atoms with Gasteiger partial charge in [-0.2, -0.15) is 0 Å². The van der Waals surface area contributed by atoms with Crippen molar-refractivity contribution < 1.29 is 9.90 Å². The third-order valence-electron chi connectivity index (χ3n) is 2.86. The Kier molecular flexibility index (Phi) is 2.83. The first-order valence-corrected chi connectivity index (χ1v) is 6.41. The summed E-state index contributed by atoms with van der Waals surface area (Å²) in [6.45, 7) is 0. The molecule has 0 atom stereocenters. The van der Waals surface area contributed by atoms with Gasteiger partial charge in [0.1, 0.15) is 11.4 Å². The first-order chi connectivity index (χ1) is 9.16. The number of nitrogens with zero attached hydrogens (tertiary/aromatic N) is 2. The molecule has 94 valence electrons. The van der Waals surface area contributed by atoms with Gasteiger partial charge in [-0.15, -0.1) is 0 Å². The molecule has 0 aliphatic carbocycles. The van der Waals surface area contributed by atoms with E-state index in [1.807, 2.05) is 18.2 Å². The van der Waals surface area contributed by atoms with Crippen LogP contribution < -0.4 is 0 Å². The van der Waals surface area contributed by atoms with Crippen molar-refractivity contribution in [1.82, 2.24) is 9.55 Å². The van der Waals surface area contributed by atoms with Crippen molar-refractivity contribution in [3.05, 3.63) is 58.8 Å². The molecule has 3 rings (SSSR count). The lowest BCUT2D eigenvalue weighted by atomic mass is 10.2. The standard InChI is InChI=1S/C14H9BrN2O2/c15-11-8-10(3-4-12(11)18)14(19)17-7-5-9-2-1-6-16-13(9)17/h1-8,18H. The van der Waals surface area contributed by atoms with Gasteiger partial charge in [0.05, 0.1) is 4.47 Å². The van der Waals surface area contributed by atoms with Crippen molar-refractivity contribution in [3.63, 3.8) is 0 Å². The molecule has 0 amide bonds. The maximum atomic E-state index is 12.4. The molecule has 5 heteroatoms. The van der Waals surface area contributed by atoms with Crippen LogP contribution in [0.5, 0.6) is 5.75 Å². The SMILES string of the molecule is O=C(c1ccc(O)c(Br)c1)n1ccc2cccnc21. The van der Waals surface area contributed by atoms with Crippen LogP contribution in [-0.2, 0) is 0 Å². The zero-order valence-corrected chi connectivity index (χ0v) is 11.3. The van der Waals surface area contributed by atoms with Gasteiger partial charge in [-0.1, -0.05) is 0 Å². The van der Waals surface area contributed by atoms with Gasteiger partial charge in [0.15, 0.2) is 0 Å². The lowest BCUT2D eigenvalue weighted by Gasteiger charge is -2.05. The molecule has 2 heterocycles. The van der Waals surface area contributed by atoms with Crippen molar-refractivity contribution in [2.45, 2.75) is 0 Å². The molecular weight excluding hydrogens is 308 g/mol. The molecule has 0 spiro atoms. The molecule has 2 aromatic heterocycles. The van der Waals surface area contributed by atoms with Crippen molar-refractivity contribution in [3.8, 4) is 5.75 Å². The van der Waals surface area contributed by atoms with E-state index in [1.54, 1.807) is 24.5 Å². The summed E-state index contributed by atoms with van der Waals surface area (Å²) < 4.78 is 1.98. The Morgan fingerprint density at radius 1 is 1.26 bits per heavy atom. The zero-order chi connectivity index (χ0) is 13.4. The van der Waals surface area contributed by atoms with Gasteiger partial charge in [-0.25, -0.2) is 4.98 Å². The van der Waals surface area contributed by atoms with Gasteiger partial charge < -0.3 is 5.11 Å². The first kappa shape index (κ1) is 11.9. The lowest BCUT2D eigenvalue weighted by Crippen LogP contribution is -2.11. The average Bonchev–Trinajstić information content (AvgIpc) is 2.85. The van der Waals surface area contributed by atoms with Crippen LogP contribution in [0.1, 0.15) is 10.4 Å². The van der Waals surface area contributed by atoms with Crippen molar-refractivity contribution in [1.29, 1.82) is 0 Å². The summed E-state index contributed by atoms with van der Waals surface area (Å²) in [6, 6.07) is 10.2. The molecule has 1 N–H and O–H groups in total. The second-order valence-corrected chi connectivity index (χ2v) is 4.93. The summed E-state index contributed by atoms with van der Waals surface area (Å²) in [5.41, 5.74) is 1.10. The second kappa shape index (κ2) is 4.51. The summed E-state index contributed by atoms with van der Waals surface area (Å²) in [4.78, 5) is 16.6. The molecule has 0 aliphatic heterocycles. The minimum atomic E-state index is -0.186. The van der Waals surface area contributed by atoms with E-state index in [2.05, 4.69) is 20.9 Å². The van der Waals surface area contributed by atoms with Crippen molar-refractivity contribution in [2.75, 3.05) is 0 Å². The predicted octanol–water partition coefficient (Wildman–Crippen LogP) is 3.19. The summed E-state index contributed by atoms with van der Waals surface area (Å²) >= 11 is 3.20. The summed E-state index contributed by atoms with van der Waals surface area (Å²) in [6.07, 6.45) is 3.35. The lowest BCUT2D eigenvalue weighted by molar-refractivity contribution is 0.0964. The smallest absolute Gasteiger partial charge is 0.263 e. The molecule has 0 radical (unpaired) electrons. The van der Waals surface area contributed by atoms with Gasteiger partial charge in [-0.05, 0) is 52.3 Å². The van der Waals surface area contributed by atoms with Gasteiger partial charge in [0.25, 0.3) is 5.91 Å². The number of phenolic OH excluding ortho intramolecular Hbond substituents is 1. The highest BCUT2D eigenvalue weighted by Gasteiger charge is 2.13. The van der Waals surface area contributed by atoms with Crippen LogP contribution in [0.3, 0.4) is 0 Å². The molecule has 0 aliphatic rings. The number of rotatable bonds is 1. The number of halogens is 1. The van der Waals surface area contributed by atoms with Crippen LogP contribution in [0.2, 0.25) is 0 Å². The topological polar surface area (TPSA) is 55.1 Å². The summed E-state index contributed by atoms with van der Waals surface area (Å²) in [7, 11) is 0. The van der Waals surface area contributed by atoms with Gasteiger partial charge >= 0.3 is 0 Å². The Hall–Kier alpha value is -2.14. The van der Waals surface area contributed by atoms with E-state index < -0.39 is 0 Å². The highest BCUT2D eigenvalue weighted by Crippen LogP contribution is 2.25. The summed E-state index contributed by atoms with van der Waals surface area (Å²) in [5.74, 6) is -0.0820. The quantitative estimate of drug-likeness (QED) is 0.750. The van der Waals surface area contributed by atoms with Crippen LogP contribution >= 0.6 is 15.9 Å². The van der Waals surface area contributed by atoms with E-state index in [-0.39, 0.29) is 11.7 Å². The highest BCUT2D eigenvalue weighted by molar-refractivity contribution is 9.10. The van der Waals surface area contributed by atoms with E-state index in [0.717, 1.165) is 5.39 Å². The molecule has 0 saturated carbocycles. The molecular formula is C14H9BrN2O2. The fraction of sp³-hybridized carbons (Fsp3) is 0. The number of benzene rings is 1. The van der Waals surface area contributed by atoms with Gasteiger partial charge in [-0.3, -0.25) is 9.36 Å². The van der Waals surface area contributed by atoms with E-state index in [1.165, 1.54) is 10.6 Å². The number of hydrogen-bond acceptors (Lipinski definition) is 3. The van der Waals surface area contributed by atoms with E-state index >= 15 is 0 Å². The van der Waals surface area contributed by atoms with Gasteiger partial charge in [0.2, 0.25) is 0 Å². The Morgan fingerprint density at radius 3 is 2.89 bits per heavy atom. The number of aromatic hydroxyl groups is 1. The Bertz CT molecular complexity index is 780. The summed E-state index contributed by atoms with van der Waals surface area (Å²) in [5, 5.41) is 10.4. The Labute approximate surface area is 117 Å². The van der Waals surface area contributed by atoms with Crippen LogP contribution in [0.4, 0.5) is 0 Å². The number of carbonyl (C=O) groups excluding carboxylic acids is 1. The van der Waals surface area contributed by atoms with Crippen LogP contribution in [-0.4, -0.2) is 20.6 Å². The predicted molar refractivity (Wildman–Crippen MR) is 75.3 cm³/mol. The number of fused-ring (bicyclic) bond motifs is 1. The molecule has 3 aromatic rings. The maximum Gasteiger partial charge on any atom is 0.263 e. The van der Waals surface area contributed by atoms with E-state index in [0.29, 0.717) is 15.7 Å². The van der Waals surface area contributed by atoms with Crippen molar-refractivity contribution >= 4 is 32.9 Å². The highest BCUT2D eigenvalue weighted by atomic mass is 79.9. The van der Waals surface area contributed by atoms with Crippen LogP contribution in [0.15, 0.2) is 53.3 Å². The van der Waals surface area contributed by atoms with Crippen molar-refractivity contribution in [2.24, 2.45) is 0 Å². The molecule has 0 saturated heterocycles. The molecule has 0 bridgehead atoms. The fourth-order valence-corrected chi connectivity index (χ4v) is 2.29. The monoisotopic (exact) mass is 316 g/mol. The van der Waals surface area contributed by atoms with Crippen LogP contribution in [0.25, 0.3) is 11.0 Å². The molecule has 0 unspecified atom stereocenters.